The Labute approximate surface area is 359 Å². The number of carboxylic acids is 2. The van der Waals surface area contributed by atoms with Crippen molar-refractivity contribution < 1.29 is 58.2 Å². The van der Waals surface area contributed by atoms with E-state index in [9.17, 15) is 47.9 Å². The van der Waals surface area contributed by atoms with E-state index in [4.69, 9.17) is 10.2 Å². The predicted molar refractivity (Wildman–Crippen MR) is 231 cm³/mol. The smallest absolute Gasteiger partial charge is 0.307 e. The zero-order chi connectivity index (χ0) is 48.4. The van der Waals surface area contributed by atoms with Gasteiger partial charge < -0.3 is 25.6 Å². The van der Waals surface area contributed by atoms with Crippen molar-refractivity contribution in [1.82, 2.24) is 20.4 Å². The molecule has 0 radical (unpaired) electrons. The van der Waals surface area contributed by atoms with Crippen molar-refractivity contribution in [2.24, 2.45) is 59.2 Å². The van der Waals surface area contributed by atoms with E-state index in [1.807, 2.05) is 55.4 Å². The zero-order valence-corrected chi connectivity index (χ0v) is 39.9. The van der Waals surface area contributed by atoms with Gasteiger partial charge in [0.15, 0.2) is 0 Å². The van der Waals surface area contributed by atoms with Crippen molar-refractivity contribution in [1.29, 1.82) is 0 Å². The first-order valence-corrected chi connectivity index (χ1v) is 20.8. The molecule has 2 fully saturated rings. The van der Waals surface area contributed by atoms with Crippen LogP contribution >= 0.6 is 0 Å². The summed E-state index contributed by atoms with van der Waals surface area (Å²) < 4.78 is 0. The molecule has 348 valence electrons. The molecule has 2 saturated heterocycles. The molecule has 0 aliphatic carbocycles. The maximum Gasteiger partial charge on any atom is 0.307 e. The predicted octanol–water partition coefficient (Wildman–Crippen LogP) is 5.50. The lowest BCUT2D eigenvalue weighted by Gasteiger charge is -2.16. The standard InChI is InChI=1S/C9H15NO2.2C8H15NO3.C8H13NO2.C6H12O.C5H10O/c1-6(2)4-7-5-8(11)10(3)9(7)12;1-5(2)6(4-7(10)11)8(12)9-3;1-5(2)6(8(11)12)4-7(10)9-3;1-5(2)6-4-7(10)9(3)8(6)11;1-5(2)4-6(3)7;1-4(2)5(3)6/h6-7H,4-5H2,1-3H3;5-6H,4H2,1-3H3,(H,9,12)(H,10,11);5-6H,4H2,1-3H3,(H,9,10)(H,11,12);5-6H,4H2,1-3H3;5H,4H2,1-3H3;4H,1-3H3. The second kappa shape index (κ2) is 32.3. The number of carbonyl (C=O) groups excluding carboxylic acids is 8. The Morgan fingerprint density at radius 1 is 0.633 bits per heavy atom. The van der Waals surface area contributed by atoms with E-state index >= 15 is 0 Å². The number of likely N-dealkylation sites (tertiary alicyclic amines) is 2. The quantitative estimate of drug-likeness (QED) is 0.159. The highest BCUT2D eigenvalue weighted by Gasteiger charge is 2.38. The van der Waals surface area contributed by atoms with Crippen LogP contribution in [0, 0.1) is 59.2 Å². The minimum atomic E-state index is -0.933. The normalized spacial score (nSPS) is 16.7. The maximum atomic E-state index is 11.4. The van der Waals surface area contributed by atoms with Crippen LogP contribution in [0.2, 0.25) is 0 Å². The van der Waals surface area contributed by atoms with Crippen molar-refractivity contribution in [3.63, 3.8) is 0 Å². The van der Waals surface area contributed by atoms with Crippen LogP contribution in [0.5, 0.6) is 0 Å². The highest BCUT2D eigenvalue weighted by Crippen LogP contribution is 2.25. The molecule has 0 aromatic rings. The monoisotopic (exact) mass is 857 g/mol. The molecular formula is C44H80N4O12. The van der Waals surface area contributed by atoms with Gasteiger partial charge in [0, 0.05) is 71.6 Å². The van der Waals surface area contributed by atoms with Gasteiger partial charge in [0.05, 0.1) is 18.3 Å². The molecule has 16 nitrogen and oxygen atoms in total. The minimum Gasteiger partial charge on any atom is -0.481 e. The Bertz CT molecular complexity index is 1400. The van der Waals surface area contributed by atoms with Crippen LogP contribution in [-0.4, -0.2) is 107 Å². The molecule has 2 rings (SSSR count). The number of hydrogen-bond acceptors (Lipinski definition) is 10. The summed E-state index contributed by atoms with van der Waals surface area (Å²) in [7, 11) is 6.12. The Balaban J connectivity index is -0.000000319. The summed E-state index contributed by atoms with van der Waals surface area (Å²) in [6.07, 6.45) is 2.32. The van der Waals surface area contributed by atoms with Crippen LogP contribution in [0.25, 0.3) is 0 Å². The van der Waals surface area contributed by atoms with Gasteiger partial charge in [-0.3, -0.25) is 53.0 Å². The fraction of sp³-hybridized carbons (Fsp3) is 0.773. The molecule has 60 heavy (non-hydrogen) atoms. The van der Waals surface area contributed by atoms with E-state index in [1.54, 1.807) is 41.8 Å². The van der Waals surface area contributed by atoms with E-state index in [2.05, 4.69) is 24.5 Å². The fourth-order valence-electron chi connectivity index (χ4n) is 5.38. The second-order valence-corrected chi connectivity index (χ2v) is 17.4. The largest absolute Gasteiger partial charge is 0.481 e. The lowest BCUT2D eigenvalue weighted by molar-refractivity contribution is -0.145. The van der Waals surface area contributed by atoms with Gasteiger partial charge in [-0.25, -0.2) is 0 Å². The van der Waals surface area contributed by atoms with Gasteiger partial charge in [-0.2, -0.15) is 0 Å². The first-order chi connectivity index (χ1) is 27.3. The summed E-state index contributed by atoms with van der Waals surface area (Å²) in [5.41, 5.74) is 0. The molecule has 0 saturated carbocycles. The molecule has 4 atom stereocenters. The number of imide groups is 2. The van der Waals surface area contributed by atoms with Crippen LogP contribution in [0.15, 0.2) is 0 Å². The number of hydrogen-bond donors (Lipinski definition) is 4. The number of carboxylic acid groups (broad SMARTS) is 2. The third kappa shape index (κ3) is 28.8. The number of nitrogens with zero attached hydrogens (tertiary/aromatic N) is 2. The van der Waals surface area contributed by atoms with Gasteiger partial charge >= 0.3 is 11.9 Å². The van der Waals surface area contributed by atoms with Gasteiger partial charge in [0.1, 0.15) is 11.6 Å². The van der Waals surface area contributed by atoms with Crippen molar-refractivity contribution in [2.75, 3.05) is 28.2 Å². The Morgan fingerprint density at radius 3 is 1.27 bits per heavy atom. The average Bonchev–Trinajstić information content (AvgIpc) is 3.52. The van der Waals surface area contributed by atoms with E-state index < -0.39 is 23.8 Å². The van der Waals surface area contributed by atoms with Crippen LogP contribution in [0.4, 0.5) is 0 Å². The first-order valence-electron chi connectivity index (χ1n) is 20.8. The van der Waals surface area contributed by atoms with Gasteiger partial charge in [-0.15, -0.1) is 0 Å². The van der Waals surface area contributed by atoms with Crippen molar-refractivity contribution in [2.45, 2.75) is 135 Å². The maximum absolute atomic E-state index is 11.4. The van der Waals surface area contributed by atoms with Gasteiger partial charge in [-0.1, -0.05) is 83.1 Å². The van der Waals surface area contributed by atoms with Crippen LogP contribution in [-0.2, 0) is 47.9 Å². The summed E-state index contributed by atoms with van der Waals surface area (Å²) in [5.74, 6) is -1.43. The highest BCUT2D eigenvalue weighted by atomic mass is 16.4. The van der Waals surface area contributed by atoms with E-state index in [0.29, 0.717) is 24.7 Å². The summed E-state index contributed by atoms with van der Waals surface area (Å²) in [5, 5.41) is 22.1. The number of Topliss-reactive ketones (excluding diaryl/α,β-unsaturated/α-hetero) is 2. The molecule has 4 unspecified atom stereocenters. The highest BCUT2D eigenvalue weighted by molar-refractivity contribution is 6.03. The van der Waals surface area contributed by atoms with E-state index in [-0.39, 0.29) is 95.4 Å². The number of amides is 6. The van der Waals surface area contributed by atoms with E-state index in [0.717, 1.165) is 12.8 Å². The molecule has 0 bridgehead atoms. The van der Waals surface area contributed by atoms with Crippen molar-refractivity contribution in [3.8, 4) is 0 Å². The molecule has 4 N–H and O–H groups in total. The van der Waals surface area contributed by atoms with E-state index in [1.165, 1.54) is 23.9 Å². The Morgan fingerprint density at radius 2 is 1.07 bits per heavy atom. The number of aliphatic carboxylic acids is 2. The number of nitrogens with one attached hydrogen (secondary N) is 2. The summed E-state index contributed by atoms with van der Waals surface area (Å²) >= 11 is 0. The molecule has 0 spiro atoms. The van der Waals surface area contributed by atoms with Crippen molar-refractivity contribution in [3.05, 3.63) is 0 Å². The van der Waals surface area contributed by atoms with Crippen LogP contribution in [0.1, 0.15) is 135 Å². The molecule has 0 aromatic carbocycles. The Hall–Kier alpha value is -4.50. The number of carbonyl (C=O) groups is 10. The molecule has 2 aliphatic rings. The third-order valence-electron chi connectivity index (χ3n) is 9.55. The molecule has 2 heterocycles. The molecule has 6 amide bonds. The summed E-state index contributed by atoms with van der Waals surface area (Å²) in [4.78, 5) is 111. The molecular weight excluding hydrogens is 776 g/mol. The lowest BCUT2D eigenvalue weighted by atomic mass is 9.92. The fourth-order valence-corrected chi connectivity index (χ4v) is 5.38. The second-order valence-electron chi connectivity index (χ2n) is 17.4. The van der Waals surface area contributed by atoms with Gasteiger partial charge in [0.2, 0.25) is 35.4 Å². The first kappa shape index (κ1) is 62.2. The zero-order valence-electron chi connectivity index (χ0n) is 39.9. The van der Waals surface area contributed by atoms with Crippen LogP contribution < -0.4 is 10.6 Å². The lowest BCUT2D eigenvalue weighted by Crippen LogP contribution is -2.32. The van der Waals surface area contributed by atoms with Gasteiger partial charge in [-0.05, 0) is 49.9 Å². The van der Waals surface area contributed by atoms with Gasteiger partial charge in [0.25, 0.3) is 0 Å². The van der Waals surface area contributed by atoms with Crippen molar-refractivity contribution >= 4 is 58.9 Å². The summed E-state index contributed by atoms with van der Waals surface area (Å²) in [6, 6.07) is 0. The molecule has 16 heteroatoms. The average molecular weight is 857 g/mol. The van der Waals surface area contributed by atoms with Crippen LogP contribution in [0.3, 0.4) is 0 Å². The topological polar surface area (TPSA) is 242 Å². The molecule has 0 aromatic heterocycles. The Kier molecular flexibility index (Phi) is 33.5. The SMILES string of the molecule is CC(=O)C(C)C.CC(=O)CC(C)C.CC(C)C1CC(=O)N(C)C1=O.CC(C)CC1CC(=O)N(C)C1=O.CNC(=O)C(CC(=O)O)C(C)C.CNC(=O)CC(C(=O)O)C(C)C. The number of rotatable bonds is 14. The minimum absolute atomic E-state index is 0.00583. The summed E-state index contributed by atoms with van der Waals surface area (Å²) in [6.45, 7) is 26.4. The third-order valence-corrected chi connectivity index (χ3v) is 9.55. The number of ketones is 2. The molecule has 2 aliphatic heterocycles.